The van der Waals surface area contributed by atoms with Crippen molar-refractivity contribution in [2.45, 2.75) is 158 Å². The zero-order valence-corrected chi connectivity index (χ0v) is 25.8. The van der Waals surface area contributed by atoms with E-state index in [1.54, 1.807) is 0 Å². The van der Waals surface area contributed by atoms with E-state index >= 15 is 0 Å². The Morgan fingerprint density at radius 3 is 0.833 bits per heavy atom. The van der Waals surface area contributed by atoms with Gasteiger partial charge in [0.2, 0.25) is 0 Å². The standard InChI is InChI=1S/3C11H22O/c3*1-8(2)6-10-4-5-11(12)9(3)7-10/h3*8-12H,4-7H2,1-3H3/t2*9-,10+,11-;9-,10-,11+/m101/s1. The fourth-order valence-electron chi connectivity index (χ4n) is 7.12. The lowest BCUT2D eigenvalue weighted by Crippen LogP contribution is -2.27. The first-order valence-electron chi connectivity index (χ1n) is 15.8. The van der Waals surface area contributed by atoms with Gasteiger partial charge in [0.25, 0.3) is 0 Å². The van der Waals surface area contributed by atoms with Crippen LogP contribution in [0.15, 0.2) is 0 Å². The Bertz CT molecular complexity index is 469. The van der Waals surface area contributed by atoms with Gasteiger partial charge in [-0.25, -0.2) is 0 Å². The predicted molar refractivity (Wildman–Crippen MR) is 156 cm³/mol. The minimum Gasteiger partial charge on any atom is -0.393 e. The summed E-state index contributed by atoms with van der Waals surface area (Å²) < 4.78 is 0. The lowest BCUT2D eigenvalue weighted by atomic mass is 9.77. The van der Waals surface area contributed by atoms with Crippen molar-refractivity contribution in [1.82, 2.24) is 0 Å². The molecule has 3 fully saturated rings. The lowest BCUT2D eigenvalue weighted by Gasteiger charge is -2.31. The molecule has 0 heterocycles. The number of hydrogen-bond donors (Lipinski definition) is 3. The molecule has 0 aromatic heterocycles. The van der Waals surface area contributed by atoms with Crippen molar-refractivity contribution in [3.63, 3.8) is 0 Å². The van der Waals surface area contributed by atoms with Crippen LogP contribution in [0.4, 0.5) is 0 Å². The Balaban J connectivity index is 0.000000270. The Kier molecular flexibility index (Phi) is 16.4. The molecule has 0 saturated heterocycles. The van der Waals surface area contributed by atoms with Crippen LogP contribution in [0, 0.1) is 53.3 Å². The first-order chi connectivity index (χ1) is 16.8. The number of aliphatic hydroxyl groups excluding tert-OH is 3. The molecule has 0 radical (unpaired) electrons. The fraction of sp³-hybridized carbons (Fsp3) is 1.00. The topological polar surface area (TPSA) is 60.7 Å². The molecule has 0 aliphatic heterocycles. The van der Waals surface area contributed by atoms with Gasteiger partial charge in [0.15, 0.2) is 0 Å². The second-order valence-electron chi connectivity index (χ2n) is 14.6. The molecule has 3 N–H and O–H groups in total. The van der Waals surface area contributed by atoms with Crippen LogP contribution in [0.25, 0.3) is 0 Å². The van der Waals surface area contributed by atoms with Crippen molar-refractivity contribution >= 4 is 0 Å². The van der Waals surface area contributed by atoms with Crippen molar-refractivity contribution < 1.29 is 15.3 Å². The predicted octanol–water partition coefficient (Wildman–Crippen LogP) is 8.49. The molecule has 216 valence electrons. The molecule has 0 aromatic carbocycles. The van der Waals surface area contributed by atoms with E-state index in [1.807, 2.05) is 0 Å². The molecule has 0 aromatic rings. The highest BCUT2D eigenvalue weighted by atomic mass is 16.3. The maximum Gasteiger partial charge on any atom is 0.0566 e. The monoisotopic (exact) mass is 511 g/mol. The summed E-state index contributed by atoms with van der Waals surface area (Å²) in [4.78, 5) is 0. The smallest absolute Gasteiger partial charge is 0.0566 e. The maximum absolute atomic E-state index is 9.53. The summed E-state index contributed by atoms with van der Waals surface area (Å²) >= 11 is 0. The van der Waals surface area contributed by atoms with Gasteiger partial charge in [-0.2, -0.15) is 0 Å². The van der Waals surface area contributed by atoms with Crippen molar-refractivity contribution in [2.24, 2.45) is 53.3 Å². The highest BCUT2D eigenvalue weighted by molar-refractivity contribution is 4.79. The SMILES string of the molecule is CC(C)C[C@@H]1CC[C@@H](O)[C@H](C)C1.CC(C)C[C@H]1CC[C@H](O)[C@@H](C)C1.CC(C)C[C@H]1CC[C@H](O)[C@H](C)C1. The first-order valence-corrected chi connectivity index (χ1v) is 15.8. The number of hydrogen-bond acceptors (Lipinski definition) is 3. The van der Waals surface area contributed by atoms with Crippen LogP contribution < -0.4 is 0 Å². The zero-order valence-electron chi connectivity index (χ0n) is 25.8. The molecule has 3 saturated carbocycles. The largest absolute Gasteiger partial charge is 0.393 e. The van der Waals surface area contributed by atoms with Crippen LogP contribution in [-0.2, 0) is 0 Å². The molecule has 36 heavy (non-hydrogen) atoms. The minimum atomic E-state index is -0.0200. The molecule has 0 unspecified atom stereocenters. The van der Waals surface area contributed by atoms with E-state index in [0.717, 1.165) is 54.8 Å². The summed E-state index contributed by atoms with van der Waals surface area (Å²) in [5.41, 5.74) is 0. The van der Waals surface area contributed by atoms with Gasteiger partial charge < -0.3 is 15.3 Å². The summed E-state index contributed by atoms with van der Waals surface area (Å²) in [6.45, 7) is 20.3. The summed E-state index contributed by atoms with van der Waals surface area (Å²) in [6, 6.07) is 0. The minimum absolute atomic E-state index is 0.0200. The Morgan fingerprint density at radius 1 is 0.444 bits per heavy atom. The average Bonchev–Trinajstić information content (AvgIpc) is 2.76. The molecule has 9 atom stereocenters. The van der Waals surface area contributed by atoms with Crippen LogP contribution in [0.5, 0.6) is 0 Å². The molecule has 0 spiro atoms. The summed E-state index contributed by atoms with van der Waals surface area (Å²) in [7, 11) is 0. The molecular formula is C33H66O3. The van der Waals surface area contributed by atoms with Gasteiger partial charge in [0.05, 0.1) is 18.3 Å². The van der Waals surface area contributed by atoms with Crippen LogP contribution >= 0.6 is 0 Å². The van der Waals surface area contributed by atoms with E-state index < -0.39 is 0 Å². The highest BCUT2D eigenvalue weighted by Gasteiger charge is 2.27. The summed E-state index contributed by atoms with van der Waals surface area (Å²) in [5.74, 6) is 6.68. The van der Waals surface area contributed by atoms with Crippen LogP contribution in [0.2, 0.25) is 0 Å². The van der Waals surface area contributed by atoms with Crippen molar-refractivity contribution in [3.05, 3.63) is 0 Å². The molecule has 0 bridgehead atoms. The molecule has 3 aliphatic rings. The van der Waals surface area contributed by atoms with Gasteiger partial charge in [0, 0.05) is 0 Å². The zero-order chi connectivity index (χ0) is 27.4. The van der Waals surface area contributed by atoms with Crippen LogP contribution in [-0.4, -0.2) is 33.6 Å². The maximum atomic E-state index is 9.53. The molecule has 3 heteroatoms. The van der Waals surface area contributed by atoms with Crippen LogP contribution in [0.1, 0.15) is 139 Å². The van der Waals surface area contributed by atoms with Gasteiger partial charge in [-0.3, -0.25) is 0 Å². The third kappa shape index (κ3) is 14.1. The van der Waals surface area contributed by atoms with E-state index in [2.05, 4.69) is 62.3 Å². The van der Waals surface area contributed by atoms with Crippen molar-refractivity contribution in [1.29, 1.82) is 0 Å². The van der Waals surface area contributed by atoms with E-state index in [-0.39, 0.29) is 18.3 Å². The van der Waals surface area contributed by atoms with Gasteiger partial charge in [-0.15, -0.1) is 0 Å². The summed E-state index contributed by atoms with van der Waals surface area (Å²) in [6.07, 6.45) is 14.5. The molecule has 3 rings (SSSR count). The normalized spacial score (nSPS) is 37.2. The van der Waals surface area contributed by atoms with Crippen molar-refractivity contribution in [2.75, 3.05) is 0 Å². The lowest BCUT2D eigenvalue weighted by molar-refractivity contribution is 0.0525. The van der Waals surface area contributed by atoms with E-state index in [1.165, 1.54) is 57.8 Å². The third-order valence-electron chi connectivity index (χ3n) is 9.11. The van der Waals surface area contributed by atoms with E-state index in [0.29, 0.717) is 17.8 Å². The fourth-order valence-corrected chi connectivity index (χ4v) is 7.12. The average molecular weight is 511 g/mol. The Labute approximate surface area is 226 Å². The molecular weight excluding hydrogens is 444 g/mol. The second kappa shape index (κ2) is 17.5. The molecule has 3 aliphatic carbocycles. The van der Waals surface area contributed by atoms with E-state index in [4.69, 9.17) is 0 Å². The van der Waals surface area contributed by atoms with Crippen LogP contribution in [0.3, 0.4) is 0 Å². The number of aliphatic hydroxyl groups is 3. The molecule has 0 amide bonds. The summed E-state index contributed by atoms with van der Waals surface area (Å²) in [5, 5.41) is 28.6. The quantitative estimate of drug-likeness (QED) is 0.336. The highest BCUT2D eigenvalue weighted by Crippen LogP contribution is 2.34. The van der Waals surface area contributed by atoms with Gasteiger partial charge in [-0.1, -0.05) is 62.3 Å². The molecule has 3 nitrogen and oxygen atoms in total. The number of rotatable bonds is 6. The van der Waals surface area contributed by atoms with Gasteiger partial charge >= 0.3 is 0 Å². The van der Waals surface area contributed by atoms with E-state index in [9.17, 15) is 15.3 Å². The second-order valence-corrected chi connectivity index (χ2v) is 14.6. The van der Waals surface area contributed by atoms with Crippen molar-refractivity contribution in [3.8, 4) is 0 Å². The first kappa shape index (κ1) is 33.9. The Hall–Kier alpha value is -0.120. The van der Waals surface area contributed by atoms with Gasteiger partial charge in [-0.05, 0) is 130 Å². The third-order valence-corrected chi connectivity index (χ3v) is 9.11. The Morgan fingerprint density at radius 2 is 0.667 bits per heavy atom. The van der Waals surface area contributed by atoms with Gasteiger partial charge in [0.1, 0.15) is 0 Å².